The van der Waals surface area contributed by atoms with Crippen molar-refractivity contribution < 1.29 is 31.5 Å². The van der Waals surface area contributed by atoms with E-state index in [2.05, 4.69) is 14.9 Å². The molecule has 1 aliphatic heterocycles. The maximum atomic E-state index is 11.8. The van der Waals surface area contributed by atoms with Crippen molar-refractivity contribution in [2.75, 3.05) is 31.3 Å². The highest BCUT2D eigenvalue weighted by Gasteiger charge is 2.38. The molecule has 2 aromatic heterocycles. The summed E-state index contributed by atoms with van der Waals surface area (Å²) >= 11 is 0. The summed E-state index contributed by atoms with van der Waals surface area (Å²) in [5, 5.41) is 8.18. The number of anilines is 1. The van der Waals surface area contributed by atoms with E-state index in [1.54, 1.807) is 10.5 Å². The van der Waals surface area contributed by atoms with Crippen molar-refractivity contribution in [1.82, 2.24) is 14.3 Å². The van der Waals surface area contributed by atoms with Gasteiger partial charge in [-0.05, 0) is 25.0 Å². The van der Waals surface area contributed by atoms with Gasteiger partial charge in [-0.2, -0.15) is 17.5 Å². The van der Waals surface area contributed by atoms with Gasteiger partial charge in [0.25, 0.3) is 0 Å². The van der Waals surface area contributed by atoms with E-state index in [1.165, 1.54) is 6.26 Å². The Kier molecular flexibility index (Phi) is 6.55. The first-order valence-electron chi connectivity index (χ1n) is 8.31. The van der Waals surface area contributed by atoms with Crippen molar-refractivity contribution in [3.63, 3.8) is 0 Å². The minimum Gasteiger partial charge on any atom is -0.475 e. The highest BCUT2D eigenvalue weighted by Crippen LogP contribution is 2.27. The number of hydrogen-bond acceptors (Lipinski definition) is 5. The lowest BCUT2D eigenvalue weighted by atomic mass is 10.2. The molecule has 1 saturated heterocycles. The van der Waals surface area contributed by atoms with Gasteiger partial charge in [0, 0.05) is 49.6 Å². The maximum Gasteiger partial charge on any atom is 0.490 e. The van der Waals surface area contributed by atoms with Crippen molar-refractivity contribution in [3.8, 4) is 0 Å². The smallest absolute Gasteiger partial charge is 0.475 e. The molecular formula is C16H21F3N4O4S. The Bertz CT molecular complexity index is 929. The molecule has 2 aromatic rings. The number of sulfonamides is 1. The number of alkyl halides is 3. The highest BCUT2D eigenvalue weighted by atomic mass is 32.2. The van der Waals surface area contributed by atoms with Gasteiger partial charge in [0.05, 0.1) is 6.26 Å². The van der Waals surface area contributed by atoms with Gasteiger partial charge in [-0.25, -0.2) is 18.2 Å². The van der Waals surface area contributed by atoms with Crippen LogP contribution >= 0.6 is 0 Å². The Balaban J connectivity index is 0.000000345. The van der Waals surface area contributed by atoms with Crippen molar-refractivity contribution in [1.29, 1.82) is 0 Å². The van der Waals surface area contributed by atoms with Crippen LogP contribution in [0.1, 0.15) is 12.8 Å². The fourth-order valence-corrected chi connectivity index (χ4v) is 4.30. The average molecular weight is 422 g/mol. The zero-order valence-electron chi connectivity index (χ0n) is 15.3. The molecule has 12 heteroatoms. The molecular weight excluding hydrogens is 401 g/mol. The summed E-state index contributed by atoms with van der Waals surface area (Å²) in [6, 6.07) is 4.01. The Morgan fingerprint density at radius 2 is 2.07 bits per heavy atom. The van der Waals surface area contributed by atoms with Gasteiger partial charge in [0.1, 0.15) is 5.65 Å². The van der Waals surface area contributed by atoms with Crippen molar-refractivity contribution in [2.24, 2.45) is 0 Å². The number of H-pyrrole nitrogens is 1. The van der Waals surface area contributed by atoms with Gasteiger partial charge >= 0.3 is 12.1 Å². The number of fused-ring (bicyclic) bond motifs is 1. The Hall–Kier alpha value is -2.34. The summed E-state index contributed by atoms with van der Waals surface area (Å²) in [6.07, 6.45) is 1.70. The van der Waals surface area contributed by atoms with Gasteiger partial charge in [-0.1, -0.05) is 0 Å². The number of nitrogens with one attached hydrogen (secondary N) is 1. The Morgan fingerprint density at radius 3 is 2.64 bits per heavy atom. The zero-order chi connectivity index (χ0) is 21.1. The molecule has 0 unspecified atom stereocenters. The predicted octanol–water partition coefficient (Wildman–Crippen LogP) is 2.06. The van der Waals surface area contributed by atoms with Gasteiger partial charge in [-0.15, -0.1) is 0 Å². The highest BCUT2D eigenvalue weighted by molar-refractivity contribution is 7.88. The van der Waals surface area contributed by atoms with Crippen LogP contribution in [0, 0.1) is 0 Å². The number of carboxylic acids is 1. The first-order chi connectivity index (χ1) is 12.9. The number of aromatic amines is 1. The molecule has 2 N–H and O–H groups in total. The number of carboxylic acid groups (broad SMARTS) is 1. The number of hydrogen-bond donors (Lipinski definition) is 2. The van der Waals surface area contributed by atoms with Crippen molar-refractivity contribution in [3.05, 3.63) is 24.5 Å². The summed E-state index contributed by atoms with van der Waals surface area (Å²) in [5.74, 6) is -2.76. The molecule has 0 aliphatic carbocycles. The zero-order valence-corrected chi connectivity index (χ0v) is 16.1. The number of rotatable bonds is 4. The molecule has 0 bridgehead atoms. The topological polar surface area (TPSA) is 107 Å². The first kappa shape index (κ1) is 22.0. The van der Waals surface area contributed by atoms with Crippen LogP contribution in [0.2, 0.25) is 0 Å². The molecule has 156 valence electrons. The van der Waals surface area contributed by atoms with Crippen LogP contribution in [0.3, 0.4) is 0 Å². The second kappa shape index (κ2) is 8.35. The monoisotopic (exact) mass is 422 g/mol. The van der Waals surface area contributed by atoms with Gasteiger partial charge in [0.2, 0.25) is 10.0 Å². The molecule has 0 spiro atoms. The third-order valence-electron chi connectivity index (χ3n) is 4.32. The molecule has 1 atom stereocenters. The predicted molar refractivity (Wildman–Crippen MR) is 97.6 cm³/mol. The van der Waals surface area contributed by atoms with Crippen LogP contribution < -0.4 is 4.90 Å². The summed E-state index contributed by atoms with van der Waals surface area (Å²) in [5.41, 5.74) is 1.92. The van der Waals surface area contributed by atoms with Crippen LogP contribution in [0.15, 0.2) is 24.5 Å². The minimum absolute atomic E-state index is 0.0483. The second-order valence-corrected chi connectivity index (χ2v) is 8.36. The number of nitrogens with zero attached hydrogens (tertiary/aromatic N) is 3. The van der Waals surface area contributed by atoms with E-state index < -0.39 is 22.2 Å². The molecule has 1 fully saturated rings. The largest absolute Gasteiger partial charge is 0.490 e. The van der Waals surface area contributed by atoms with Gasteiger partial charge in [-0.3, -0.25) is 0 Å². The molecule has 3 heterocycles. The van der Waals surface area contributed by atoms with E-state index in [1.807, 2.05) is 25.4 Å². The quantitative estimate of drug-likeness (QED) is 0.781. The third-order valence-corrected chi connectivity index (χ3v) is 5.66. The number of aliphatic carboxylic acids is 1. The normalized spacial score (nSPS) is 18.0. The summed E-state index contributed by atoms with van der Waals surface area (Å²) in [7, 11) is -1.12. The van der Waals surface area contributed by atoms with Crippen molar-refractivity contribution >= 4 is 32.7 Å². The van der Waals surface area contributed by atoms with E-state index in [0.717, 1.165) is 29.6 Å². The second-order valence-electron chi connectivity index (χ2n) is 6.42. The maximum absolute atomic E-state index is 11.8. The number of halogens is 3. The molecule has 0 radical (unpaired) electrons. The number of likely N-dealkylation sites (N-methyl/N-ethyl adjacent to an activating group) is 1. The SMILES string of the molecule is CN(C[C@@H]1CCCN1S(C)(=O)=O)c1ccnc2[nH]ccc12.O=C(O)C(F)(F)F. The number of carbonyl (C=O) groups is 1. The average Bonchev–Trinajstić information content (AvgIpc) is 3.22. The number of aromatic nitrogens is 2. The molecule has 3 rings (SSSR count). The lowest BCUT2D eigenvalue weighted by Crippen LogP contribution is -2.41. The number of pyridine rings is 1. The Morgan fingerprint density at radius 1 is 1.43 bits per heavy atom. The lowest BCUT2D eigenvalue weighted by molar-refractivity contribution is -0.192. The molecule has 0 saturated carbocycles. The van der Waals surface area contributed by atoms with E-state index in [9.17, 15) is 21.6 Å². The Labute approximate surface area is 160 Å². The van der Waals surface area contributed by atoms with Crippen LogP contribution in [0.5, 0.6) is 0 Å². The first-order valence-corrected chi connectivity index (χ1v) is 10.2. The molecule has 0 amide bonds. The summed E-state index contributed by atoms with van der Waals surface area (Å²) in [4.78, 5) is 18.4. The molecule has 28 heavy (non-hydrogen) atoms. The molecule has 1 aliphatic rings. The van der Waals surface area contributed by atoms with Crippen LogP contribution in [-0.4, -0.2) is 72.4 Å². The lowest BCUT2D eigenvalue weighted by Gasteiger charge is -2.28. The van der Waals surface area contributed by atoms with Gasteiger partial charge in [0.15, 0.2) is 0 Å². The molecule has 0 aromatic carbocycles. The molecule has 8 nitrogen and oxygen atoms in total. The van der Waals surface area contributed by atoms with Gasteiger partial charge < -0.3 is 15.0 Å². The summed E-state index contributed by atoms with van der Waals surface area (Å²) < 4.78 is 57.0. The third kappa shape index (κ3) is 5.35. The van der Waals surface area contributed by atoms with Crippen LogP contribution in [0.4, 0.5) is 18.9 Å². The summed E-state index contributed by atoms with van der Waals surface area (Å²) in [6.45, 7) is 1.32. The minimum atomic E-state index is -5.08. The fourth-order valence-electron chi connectivity index (χ4n) is 3.12. The van der Waals surface area contributed by atoms with Crippen molar-refractivity contribution in [2.45, 2.75) is 25.1 Å². The van der Waals surface area contributed by atoms with E-state index in [4.69, 9.17) is 9.90 Å². The van der Waals surface area contributed by atoms with E-state index >= 15 is 0 Å². The van der Waals surface area contributed by atoms with Crippen LogP contribution in [0.25, 0.3) is 11.0 Å². The van der Waals surface area contributed by atoms with E-state index in [-0.39, 0.29) is 6.04 Å². The van der Waals surface area contributed by atoms with Crippen LogP contribution in [-0.2, 0) is 14.8 Å². The fraction of sp³-hybridized carbons (Fsp3) is 0.500. The standard InChI is InChI=1S/C14H20N4O2S.C2HF3O2/c1-17(10-11-4-3-9-18(11)21(2,19)20)13-6-8-16-14-12(13)5-7-15-14;3-2(4,5)1(6)7/h5-8,11H,3-4,9-10H2,1-2H3,(H,15,16);(H,6,7)/t11-;/m0./s1. The van der Waals surface area contributed by atoms with E-state index in [0.29, 0.717) is 13.1 Å².